The normalized spacial score (nSPS) is 16.3. The molecule has 0 aliphatic carbocycles. The highest BCUT2D eigenvalue weighted by molar-refractivity contribution is 9.10. The Labute approximate surface area is 151 Å². The van der Waals surface area contributed by atoms with Crippen molar-refractivity contribution in [3.8, 4) is 0 Å². The molecule has 2 aromatic rings. The minimum absolute atomic E-state index is 0.416. The highest BCUT2D eigenvalue weighted by Crippen LogP contribution is 2.25. The maximum Gasteiger partial charge on any atom is 0.243 e. The van der Waals surface area contributed by atoms with Crippen LogP contribution >= 0.6 is 15.9 Å². The average molecular weight is 410 g/mol. The Morgan fingerprint density at radius 3 is 2.50 bits per heavy atom. The lowest BCUT2D eigenvalue weighted by molar-refractivity contribution is 0.383. The molecular weight excluding hydrogens is 390 g/mol. The summed E-state index contributed by atoms with van der Waals surface area (Å²) in [6.45, 7) is 4.21. The molecule has 1 aliphatic rings. The maximum atomic E-state index is 13.0. The van der Waals surface area contributed by atoms with Crippen molar-refractivity contribution in [3.63, 3.8) is 0 Å². The first-order valence-corrected chi connectivity index (χ1v) is 10.2. The Morgan fingerprint density at radius 1 is 1.12 bits per heavy atom. The van der Waals surface area contributed by atoms with Crippen LogP contribution in [-0.4, -0.2) is 43.9 Å². The van der Waals surface area contributed by atoms with Gasteiger partial charge in [-0.05, 0) is 42.3 Å². The van der Waals surface area contributed by atoms with Gasteiger partial charge < -0.3 is 4.90 Å². The summed E-state index contributed by atoms with van der Waals surface area (Å²) in [6.07, 6.45) is 2.44. The fourth-order valence-corrected chi connectivity index (χ4v) is 5.02. The van der Waals surface area contributed by atoms with Crippen molar-refractivity contribution in [2.45, 2.75) is 18.2 Å². The number of rotatable bonds is 4. The highest BCUT2D eigenvalue weighted by Gasteiger charge is 2.30. The Balaban J connectivity index is 1.78. The van der Waals surface area contributed by atoms with Gasteiger partial charge in [-0.2, -0.15) is 4.31 Å². The molecule has 0 amide bonds. The van der Waals surface area contributed by atoms with E-state index in [0.29, 0.717) is 37.5 Å². The topological polar surface area (TPSA) is 53.5 Å². The number of aromatic nitrogens is 1. The summed E-state index contributed by atoms with van der Waals surface area (Å²) in [5.74, 6) is 0.896. The first-order chi connectivity index (χ1) is 11.5. The molecule has 0 bridgehead atoms. The molecule has 1 fully saturated rings. The van der Waals surface area contributed by atoms with Gasteiger partial charge in [0.15, 0.2) is 0 Å². The van der Waals surface area contributed by atoms with E-state index in [1.165, 1.54) is 0 Å². The molecule has 0 N–H and O–H groups in total. The maximum absolute atomic E-state index is 13.0. The average Bonchev–Trinajstić information content (AvgIpc) is 2.62. The SMILES string of the molecule is CCc1cc(Br)ccc1S(=O)(=O)N1CCN(c2ccccn2)CC1. The predicted molar refractivity (Wildman–Crippen MR) is 98.7 cm³/mol. The van der Waals surface area contributed by atoms with E-state index in [4.69, 9.17) is 0 Å². The number of benzene rings is 1. The number of hydrogen-bond donors (Lipinski definition) is 0. The molecule has 3 rings (SSSR count). The van der Waals surface area contributed by atoms with Crippen molar-refractivity contribution in [2.24, 2.45) is 0 Å². The summed E-state index contributed by atoms with van der Waals surface area (Å²) >= 11 is 3.41. The van der Waals surface area contributed by atoms with Gasteiger partial charge >= 0.3 is 0 Å². The van der Waals surface area contributed by atoms with Gasteiger partial charge in [0.1, 0.15) is 5.82 Å². The van der Waals surface area contributed by atoms with Crippen molar-refractivity contribution in [3.05, 3.63) is 52.6 Å². The smallest absolute Gasteiger partial charge is 0.243 e. The molecular formula is C17H20BrN3O2S. The van der Waals surface area contributed by atoms with Crippen molar-refractivity contribution < 1.29 is 8.42 Å². The molecule has 1 aliphatic heterocycles. The second-order valence-corrected chi connectivity index (χ2v) is 8.51. The zero-order valence-corrected chi connectivity index (χ0v) is 15.9. The van der Waals surface area contributed by atoms with Gasteiger partial charge in [-0.15, -0.1) is 0 Å². The molecule has 0 saturated carbocycles. The lowest BCUT2D eigenvalue weighted by Gasteiger charge is -2.35. The molecule has 24 heavy (non-hydrogen) atoms. The van der Waals surface area contributed by atoms with Crippen molar-refractivity contribution in [1.29, 1.82) is 0 Å². The summed E-state index contributed by atoms with van der Waals surface area (Å²) in [5.41, 5.74) is 0.844. The molecule has 0 unspecified atom stereocenters. The molecule has 0 spiro atoms. The molecule has 1 aromatic heterocycles. The van der Waals surface area contributed by atoms with Crippen molar-refractivity contribution in [2.75, 3.05) is 31.1 Å². The lowest BCUT2D eigenvalue weighted by atomic mass is 10.2. The standard InChI is InChI=1S/C17H20BrN3O2S/c1-2-14-13-15(18)6-7-16(14)24(22,23)21-11-9-20(10-12-21)17-5-3-4-8-19-17/h3-8,13H,2,9-12H2,1H3. The monoisotopic (exact) mass is 409 g/mol. The number of nitrogens with zero attached hydrogens (tertiary/aromatic N) is 3. The van der Waals surface area contributed by atoms with Crippen LogP contribution in [0.4, 0.5) is 5.82 Å². The summed E-state index contributed by atoms with van der Waals surface area (Å²) in [4.78, 5) is 6.87. The molecule has 0 radical (unpaired) electrons. The summed E-state index contributed by atoms with van der Waals surface area (Å²) in [7, 11) is -3.46. The van der Waals surface area contributed by atoms with Gasteiger partial charge in [0.2, 0.25) is 10.0 Å². The van der Waals surface area contributed by atoms with Crippen LogP contribution in [0.15, 0.2) is 52.0 Å². The minimum atomic E-state index is -3.46. The highest BCUT2D eigenvalue weighted by atomic mass is 79.9. The van der Waals surface area contributed by atoms with Crippen LogP contribution in [0.5, 0.6) is 0 Å². The fourth-order valence-electron chi connectivity index (χ4n) is 2.91. The number of anilines is 1. The Kier molecular flexibility index (Phi) is 5.22. The molecule has 7 heteroatoms. The Bertz CT molecular complexity index is 804. The van der Waals surface area contributed by atoms with E-state index in [1.54, 1.807) is 22.6 Å². The quantitative estimate of drug-likeness (QED) is 0.778. The van der Waals surface area contributed by atoms with Gasteiger partial charge in [-0.25, -0.2) is 13.4 Å². The molecule has 1 saturated heterocycles. The van der Waals surface area contributed by atoms with Gasteiger partial charge in [0, 0.05) is 36.8 Å². The third-order valence-electron chi connectivity index (χ3n) is 4.23. The van der Waals surface area contributed by atoms with E-state index in [9.17, 15) is 8.42 Å². The molecule has 128 valence electrons. The number of sulfonamides is 1. The fraction of sp³-hybridized carbons (Fsp3) is 0.353. The van der Waals surface area contributed by atoms with E-state index in [1.807, 2.05) is 31.2 Å². The Hall–Kier alpha value is -1.44. The number of aryl methyl sites for hydroxylation is 1. The number of hydrogen-bond acceptors (Lipinski definition) is 4. The number of piperazine rings is 1. The van der Waals surface area contributed by atoms with Gasteiger partial charge in [0.05, 0.1) is 4.90 Å². The second kappa shape index (κ2) is 7.21. The third-order valence-corrected chi connectivity index (χ3v) is 6.73. The van der Waals surface area contributed by atoms with Crippen LogP contribution in [0.25, 0.3) is 0 Å². The minimum Gasteiger partial charge on any atom is -0.354 e. The molecule has 5 nitrogen and oxygen atoms in total. The van der Waals surface area contributed by atoms with Crippen molar-refractivity contribution >= 4 is 31.8 Å². The largest absolute Gasteiger partial charge is 0.354 e. The first-order valence-electron chi connectivity index (χ1n) is 7.97. The van der Waals surface area contributed by atoms with Crippen LogP contribution in [-0.2, 0) is 16.4 Å². The summed E-state index contributed by atoms with van der Waals surface area (Å²) in [6, 6.07) is 11.1. The van der Waals surface area contributed by atoms with Gasteiger partial charge in [0.25, 0.3) is 0 Å². The first kappa shape index (κ1) is 17.4. The lowest BCUT2D eigenvalue weighted by Crippen LogP contribution is -2.49. The summed E-state index contributed by atoms with van der Waals surface area (Å²) in [5, 5.41) is 0. The van der Waals surface area contributed by atoms with Crippen LogP contribution in [0.1, 0.15) is 12.5 Å². The van der Waals surface area contributed by atoms with E-state index < -0.39 is 10.0 Å². The Morgan fingerprint density at radius 2 is 1.88 bits per heavy atom. The van der Waals surface area contributed by atoms with E-state index in [-0.39, 0.29) is 0 Å². The zero-order valence-electron chi connectivity index (χ0n) is 13.5. The van der Waals surface area contributed by atoms with Crippen LogP contribution in [0.3, 0.4) is 0 Å². The van der Waals surface area contributed by atoms with Gasteiger partial charge in [-0.3, -0.25) is 0 Å². The zero-order chi connectivity index (χ0) is 17.2. The van der Waals surface area contributed by atoms with Gasteiger partial charge in [-0.1, -0.05) is 28.9 Å². The van der Waals surface area contributed by atoms with Crippen LogP contribution in [0, 0.1) is 0 Å². The predicted octanol–water partition coefficient (Wildman–Crippen LogP) is 2.92. The van der Waals surface area contributed by atoms with Crippen LogP contribution < -0.4 is 4.90 Å². The molecule has 0 atom stereocenters. The summed E-state index contributed by atoms with van der Waals surface area (Å²) < 4.78 is 28.5. The number of halogens is 1. The van der Waals surface area contributed by atoms with Crippen molar-refractivity contribution in [1.82, 2.24) is 9.29 Å². The van der Waals surface area contributed by atoms with Crippen LogP contribution in [0.2, 0.25) is 0 Å². The number of pyridine rings is 1. The molecule has 2 heterocycles. The molecule has 1 aromatic carbocycles. The van der Waals surface area contributed by atoms with E-state index in [0.717, 1.165) is 15.9 Å². The van der Waals surface area contributed by atoms with E-state index in [2.05, 4.69) is 25.8 Å². The third kappa shape index (κ3) is 3.48. The van der Waals surface area contributed by atoms with E-state index >= 15 is 0 Å². The second-order valence-electron chi connectivity index (χ2n) is 5.68.